The molecular formula is C51H31N3O2. The molecule has 5 heteroatoms. The Labute approximate surface area is 322 Å². The lowest BCUT2D eigenvalue weighted by atomic mass is 9.97. The van der Waals surface area contributed by atoms with E-state index in [2.05, 4.69) is 109 Å². The third-order valence-corrected chi connectivity index (χ3v) is 10.6. The quantitative estimate of drug-likeness (QED) is 0.171. The Morgan fingerprint density at radius 2 is 0.786 bits per heavy atom. The first kappa shape index (κ1) is 31.9. The van der Waals surface area contributed by atoms with E-state index in [0.29, 0.717) is 17.5 Å². The molecule has 0 saturated carbocycles. The second-order valence-corrected chi connectivity index (χ2v) is 14.0. The van der Waals surface area contributed by atoms with Crippen LogP contribution in [0.2, 0.25) is 0 Å². The van der Waals surface area contributed by atoms with Gasteiger partial charge in [0.2, 0.25) is 0 Å². The van der Waals surface area contributed by atoms with Crippen LogP contribution in [0.4, 0.5) is 0 Å². The van der Waals surface area contributed by atoms with E-state index in [9.17, 15) is 0 Å². The van der Waals surface area contributed by atoms with Crippen molar-refractivity contribution in [3.63, 3.8) is 0 Å². The van der Waals surface area contributed by atoms with Crippen LogP contribution < -0.4 is 0 Å². The highest BCUT2D eigenvalue weighted by Crippen LogP contribution is 2.40. The summed E-state index contributed by atoms with van der Waals surface area (Å²) in [6.45, 7) is 0. The Balaban J connectivity index is 0.990. The molecular weight excluding hydrogens is 687 g/mol. The average Bonchev–Trinajstić information content (AvgIpc) is 3.85. The smallest absolute Gasteiger partial charge is 0.164 e. The molecule has 0 aliphatic rings. The fourth-order valence-corrected chi connectivity index (χ4v) is 7.80. The molecule has 3 aromatic heterocycles. The molecule has 3 heterocycles. The molecule has 0 fully saturated rings. The zero-order valence-corrected chi connectivity index (χ0v) is 30.1. The molecule has 11 rings (SSSR count). The number of hydrogen-bond donors (Lipinski definition) is 0. The standard InChI is InChI=1S/C51H31N3O2/c1-3-11-32(12-4-1)33-21-23-34(24-22-33)35-25-27-36(28-26-35)39-16-9-17-40-43-31-38(29-30-45(43)56-48(39)40)50-52-49(37-13-5-2-6-14-37)53-51(54-50)42-18-10-20-46-47(42)41-15-7-8-19-44(41)55-46/h1-31H. The molecule has 56 heavy (non-hydrogen) atoms. The zero-order valence-electron chi connectivity index (χ0n) is 30.1. The van der Waals surface area contributed by atoms with E-state index < -0.39 is 0 Å². The summed E-state index contributed by atoms with van der Waals surface area (Å²) in [4.78, 5) is 15.2. The molecule has 8 aromatic carbocycles. The lowest BCUT2D eigenvalue weighted by Gasteiger charge is -2.09. The number of furan rings is 2. The summed E-state index contributed by atoms with van der Waals surface area (Å²) < 4.78 is 12.8. The normalized spacial score (nSPS) is 11.6. The maximum Gasteiger partial charge on any atom is 0.164 e. The van der Waals surface area contributed by atoms with E-state index in [-0.39, 0.29) is 0 Å². The number of nitrogens with zero attached hydrogens (tertiary/aromatic N) is 3. The molecule has 0 unspecified atom stereocenters. The highest BCUT2D eigenvalue weighted by atomic mass is 16.3. The minimum absolute atomic E-state index is 0.582. The van der Waals surface area contributed by atoms with E-state index >= 15 is 0 Å². The van der Waals surface area contributed by atoms with Gasteiger partial charge in [-0.3, -0.25) is 0 Å². The van der Waals surface area contributed by atoms with Crippen LogP contribution in [0.15, 0.2) is 197 Å². The summed E-state index contributed by atoms with van der Waals surface area (Å²) >= 11 is 0. The Morgan fingerprint density at radius 1 is 0.286 bits per heavy atom. The van der Waals surface area contributed by atoms with Crippen molar-refractivity contribution in [2.24, 2.45) is 0 Å². The lowest BCUT2D eigenvalue weighted by molar-refractivity contribution is 0.669. The van der Waals surface area contributed by atoms with Crippen LogP contribution >= 0.6 is 0 Å². The minimum Gasteiger partial charge on any atom is -0.456 e. The molecule has 0 aliphatic heterocycles. The van der Waals surface area contributed by atoms with Gasteiger partial charge in [0.15, 0.2) is 17.5 Å². The van der Waals surface area contributed by atoms with E-state index in [4.69, 9.17) is 23.8 Å². The van der Waals surface area contributed by atoms with E-state index in [1.165, 1.54) is 22.3 Å². The van der Waals surface area contributed by atoms with Crippen LogP contribution in [0.1, 0.15) is 0 Å². The van der Waals surface area contributed by atoms with Gasteiger partial charge in [0.1, 0.15) is 22.3 Å². The predicted molar refractivity (Wildman–Crippen MR) is 227 cm³/mol. The van der Waals surface area contributed by atoms with Crippen molar-refractivity contribution < 1.29 is 8.83 Å². The summed E-state index contributed by atoms with van der Waals surface area (Å²) in [7, 11) is 0. The van der Waals surface area contributed by atoms with Gasteiger partial charge in [-0.05, 0) is 58.1 Å². The lowest BCUT2D eigenvalue weighted by Crippen LogP contribution is -2.00. The molecule has 5 nitrogen and oxygen atoms in total. The van der Waals surface area contributed by atoms with Crippen molar-refractivity contribution in [1.29, 1.82) is 0 Å². The topological polar surface area (TPSA) is 65.0 Å². The van der Waals surface area contributed by atoms with Gasteiger partial charge in [-0.2, -0.15) is 0 Å². The number of hydrogen-bond acceptors (Lipinski definition) is 5. The van der Waals surface area contributed by atoms with E-state index in [1.807, 2.05) is 78.9 Å². The third-order valence-electron chi connectivity index (χ3n) is 10.6. The Kier molecular flexibility index (Phi) is 7.42. The molecule has 0 saturated heterocycles. The Morgan fingerprint density at radius 3 is 1.52 bits per heavy atom. The first-order chi connectivity index (χ1) is 27.7. The molecule has 0 atom stereocenters. The number of aromatic nitrogens is 3. The summed E-state index contributed by atoms with van der Waals surface area (Å²) in [5.74, 6) is 1.77. The first-order valence-electron chi connectivity index (χ1n) is 18.7. The summed E-state index contributed by atoms with van der Waals surface area (Å²) in [6.07, 6.45) is 0. The predicted octanol–water partition coefficient (Wildman–Crippen LogP) is 13.7. The van der Waals surface area contributed by atoms with Crippen LogP contribution in [0, 0.1) is 0 Å². The Bertz CT molecular complexity index is 3220. The number of para-hydroxylation sites is 2. The van der Waals surface area contributed by atoms with E-state index in [0.717, 1.165) is 71.7 Å². The van der Waals surface area contributed by atoms with Crippen molar-refractivity contribution in [2.75, 3.05) is 0 Å². The molecule has 0 radical (unpaired) electrons. The van der Waals surface area contributed by atoms with Crippen molar-refractivity contribution in [2.45, 2.75) is 0 Å². The van der Waals surface area contributed by atoms with Crippen molar-refractivity contribution in [3.8, 4) is 67.5 Å². The van der Waals surface area contributed by atoms with Crippen molar-refractivity contribution in [3.05, 3.63) is 188 Å². The Hall–Kier alpha value is -7.63. The fourth-order valence-electron chi connectivity index (χ4n) is 7.80. The van der Waals surface area contributed by atoms with Crippen molar-refractivity contribution >= 4 is 43.9 Å². The summed E-state index contributed by atoms with van der Waals surface area (Å²) in [6, 6.07) is 64.6. The molecule has 0 amide bonds. The second-order valence-electron chi connectivity index (χ2n) is 14.0. The van der Waals surface area contributed by atoms with Gasteiger partial charge >= 0.3 is 0 Å². The molecule has 0 N–H and O–H groups in total. The molecule has 0 bridgehead atoms. The van der Waals surface area contributed by atoms with Gasteiger partial charge in [0.25, 0.3) is 0 Å². The van der Waals surface area contributed by atoms with Crippen LogP contribution in [0.5, 0.6) is 0 Å². The zero-order chi connectivity index (χ0) is 37.0. The largest absolute Gasteiger partial charge is 0.456 e. The highest BCUT2D eigenvalue weighted by molar-refractivity contribution is 6.12. The monoisotopic (exact) mass is 717 g/mol. The molecule has 0 aliphatic carbocycles. The summed E-state index contributed by atoms with van der Waals surface area (Å²) in [5.41, 5.74) is 12.9. The van der Waals surface area contributed by atoms with Crippen LogP contribution in [0.3, 0.4) is 0 Å². The van der Waals surface area contributed by atoms with Crippen LogP contribution in [-0.2, 0) is 0 Å². The molecule has 0 spiro atoms. The van der Waals surface area contributed by atoms with Gasteiger partial charge in [-0.1, -0.05) is 158 Å². The summed E-state index contributed by atoms with van der Waals surface area (Å²) in [5, 5.41) is 4.04. The number of benzene rings is 8. The first-order valence-corrected chi connectivity index (χ1v) is 18.7. The molecule has 11 aromatic rings. The van der Waals surface area contributed by atoms with Gasteiger partial charge in [0.05, 0.1) is 0 Å². The van der Waals surface area contributed by atoms with Gasteiger partial charge < -0.3 is 8.83 Å². The van der Waals surface area contributed by atoms with Gasteiger partial charge in [-0.25, -0.2) is 15.0 Å². The second kappa shape index (κ2) is 13.0. The SMILES string of the molecule is c1ccc(-c2ccc(-c3ccc(-c4cccc5c4oc4ccc(-c6nc(-c7ccccc7)nc(-c7cccc8oc9ccccc9c78)n6)cc45)cc3)cc2)cc1. The number of rotatable bonds is 6. The number of fused-ring (bicyclic) bond motifs is 6. The van der Waals surface area contributed by atoms with Crippen LogP contribution in [0.25, 0.3) is 111 Å². The molecule has 262 valence electrons. The maximum atomic E-state index is 6.60. The van der Waals surface area contributed by atoms with Crippen LogP contribution in [-0.4, -0.2) is 15.0 Å². The van der Waals surface area contributed by atoms with Gasteiger partial charge in [0, 0.05) is 43.8 Å². The maximum absolute atomic E-state index is 6.60. The highest BCUT2D eigenvalue weighted by Gasteiger charge is 2.19. The van der Waals surface area contributed by atoms with E-state index in [1.54, 1.807) is 0 Å². The third kappa shape index (κ3) is 5.45. The fraction of sp³-hybridized carbons (Fsp3) is 0. The minimum atomic E-state index is 0.582. The van der Waals surface area contributed by atoms with Crippen molar-refractivity contribution in [1.82, 2.24) is 15.0 Å². The average molecular weight is 718 g/mol. The van der Waals surface area contributed by atoms with Gasteiger partial charge in [-0.15, -0.1) is 0 Å².